The Morgan fingerprint density at radius 2 is 1.76 bits per heavy atom. The predicted molar refractivity (Wildman–Crippen MR) is 76.3 cm³/mol. The molecule has 0 radical (unpaired) electrons. The molecule has 0 aromatic carbocycles. The average molecular weight is 311 g/mol. The highest BCUT2D eigenvalue weighted by atomic mass is 32.1. The first-order valence-corrected chi connectivity index (χ1v) is 7.41. The molecule has 0 unspecified atom stereocenters. The number of carbonyl (C=O) groups is 3. The summed E-state index contributed by atoms with van der Waals surface area (Å²) in [6.07, 6.45) is 3.08. The Morgan fingerprint density at radius 1 is 1.14 bits per heavy atom. The molecule has 0 N–H and O–H groups in total. The van der Waals surface area contributed by atoms with Crippen LogP contribution >= 0.6 is 11.3 Å². The minimum atomic E-state index is -0.573. The molecule has 0 fully saturated rings. The second-order valence-electron chi connectivity index (χ2n) is 4.73. The molecule has 1 aliphatic rings. The molecule has 7 heteroatoms. The van der Waals surface area contributed by atoms with Crippen molar-refractivity contribution >= 4 is 29.2 Å². The van der Waals surface area contributed by atoms with E-state index >= 15 is 0 Å². The van der Waals surface area contributed by atoms with E-state index < -0.39 is 11.9 Å². The van der Waals surface area contributed by atoms with Gasteiger partial charge in [-0.3, -0.25) is 14.4 Å². The summed E-state index contributed by atoms with van der Waals surface area (Å²) in [5, 5.41) is 0. The van der Waals surface area contributed by atoms with Gasteiger partial charge in [0, 0.05) is 4.88 Å². The maximum atomic E-state index is 12.5. The van der Waals surface area contributed by atoms with Gasteiger partial charge in [-0.2, -0.15) is 0 Å². The van der Waals surface area contributed by atoms with E-state index in [0.29, 0.717) is 4.88 Å². The molecule has 1 aromatic heterocycles. The molecule has 0 aliphatic heterocycles. The number of methoxy groups -OCH3 is 2. The summed E-state index contributed by atoms with van der Waals surface area (Å²) in [5.74, 6) is -1.49. The van der Waals surface area contributed by atoms with Crippen LogP contribution in [-0.4, -0.2) is 50.1 Å². The van der Waals surface area contributed by atoms with Crippen LogP contribution in [0.2, 0.25) is 0 Å². The van der Waals surface area contributed by atoms with Gasteiger partial charge in [0.05, 0.1) is 19.1 Å². The Balaban J connectivity index is 2.15. The van der Waals surface area contributed by atoms with E-state index in [1.807, 2.05) is 6.07 Å². The van der Waals surface area contributed by atoms with Gasteiger partial charge >= 0.3 is 11.9 Å². The van der Waals surface area contributed by atoms with Crippen molar-refractivity contribution in [1.82, 2.24) is 4.90 Å². The fourth-order valence-corrected chi connectivity index (χ4v) is 3.45. The molecule has 1 heterocycles. The minimum absolute atomic E-state index is 0.271. The highest BCUT2D eigenvalue weighted by molar-refractivity contribution is 7.14. The Morgan fingerprint density at radius 3 is 2.29 bits per heavy atom. The lowest BCUT2D eigenvalue weighted by Crippen LogP contribution is -2.39. The first kappa shape index (κ1) is 15.5. The Bertz CT molecular complexity index is 526. The molecule has 0 atom stereocenters. The molecule has 6 nitrogen and oxygen atoms in total. The average Bonchev–Trinajstić information content (AvgIpc) is 3.06. The second kappa shape index (κ2) is 6.71. The topological polar surface area (TPSA) is 72.9 Å². The van der Waals surface area contributed by atoms with Gasteiger partial charge in [-0.05, 0) is 30.9 Å². The molecule has 2 rings (SSSR count). The molecule has 1 aliphatic carbocycles. The van der Waals surface area contributed by atoms with Gasteiger partial charge in [0.25, 0.3) is 5.91 Å². The van der Waals surface area contributed by atoms with Crippen molar-refractivity contribution in [2.24, 2.45) is 0 Å². The number of esters is 2. The molecular weight excluding hydrogens is 294 g/mol. The summed E-state index contributed by atoms with van der Waals surface area (Å²) in [5.41, 5.74) is 1.19. The number of carbonyl (C=O) groups excluding carboxylic acids is 3. The standard InChI is InChI=1S/C14H17NO5S/c1-19-12(16)7-15(8-13(17)20-2)14(18)11-6-9-4-3-5-10(9)21-11/h6H,3-5,7-8H2,1-2H3. The van der Waals surface area contributed by atoms with E-state index in [-0.39, 0.29) is 19.0 Å². The number of rotatable bonds is 5. The predicted octanol–water partition coefficient (Wildman–Crippen LogP) is 1.02. The van der Waals surface area contributed by atoms with Crippen LogP contribution in [-0.2, 0) is 31.9 Å². The summed E-state index contributed by atoms with van der Waals surface area (Å²) in [6.45, 7) is -0.542. The van der Waals surface area contributed by atoms with Gasteiger partial charge in [0.2, 0.25) is 0 Å². The van der Waals surface area contributed by atoms with Crippen LogP contribution in [0.3, 0.4) is 0 Å². The number of fused-ring (bicyclic) bond motifs is 1. The third-order valence-corrected chi connectivity index (χ3v) is 4.56. The van der Waals surface area contributed by atoms with Crippen molar-refractivity contribution in [2.75, 3.05) is 27.3 Å². The quantitative estimate of drug-likeness (QED) is 0.759. The maximum Gasteiger partial charge on any atom is 0.325 e. The molecule has 21 heavy (non-hydrogen) atoms. The molecule has 0 saturated carbocycles. The number of amides is 1. The summed E-state index contributed by atoms with van der Waals surface area (Å²) in [6, 6.07) is 1.86. The molecule has 0 spiro atoms. The Labute approximate surface area is 126 Å². The van der Waals surface area contributed by atoms with E-state index in [0.717, 1.165) is 24.2 Å². The molecule has 0 saturated heterocycles. The maximum absolute atomic E-state index is 12.5. The van der Waals surface area contributed by atoms with E-state index in [1.54, 1.807) is 0 Å². The smallest absolute Gasteiger partial charge is 0.325 e. The SMILES string of the molecule is COC(=O)CN(CC(=O)OC)C(=O)c1cc2c(s1)CCC2. The number of aryl methyl sites for hydroxylation is 2. The highest BCUT2D eigenvalue weighted by Crippen LogP contribution is 2.31. The van der Waals surface area contributed by atoms with Gasteiger partial charge in [0.15, 0.2) is 0 Å². The van der Waals surface area contributed by atoms with Gasteiger partial charge in [-0.25, -0.2) is 0 Å². The zero-order chi connectivity index (χ0) is 15.4. The van der Waals surface area contributed by atoms with Gasteiger partial charge in [-0.1, -0.05) is 0 Å². The fraction of sp³-hybridized carbons (Fsp3) is 0.500. The van der Waals surface area contributed by atoms with Gasteiger partial charge in [-0.15, -0.1) is 11.3 Å². The number of ether oxygens (including phenoxy) is 2. The number of hydrogen-bond donors (Lipinski definition) is 0. The Hall–Kier alpha value is -1.89. The van der Waals surface area contributed by atoms with E-state index in [4.69, 9.17) is 0 Å². The number of nitrogens with zero attached hydrogens (tertiary/aromatic N) is 1. The Kier molecular flexibility index (Phi) is 4.95. The third-order valence-electron chi connectivity index (χ3n) is 3.34. The van der Waals surface area contributed by atoms with Crippen LogP contribution in [0.25, 0.3) is 0 Å². The van der Waals surface area contributed by atoms with Crippen molar-refractivity contribution in [1.29, 1.82) is 0 Å². The van der Waals surface area contributed by atoms with Crippen molar-refractivity contribution < 1.29 is 23.9 Å². The van der Waals surface area contributed by atoms with Crippen molar-refractivity contribution in [2.45, 2.75) is 19.3 Å². The van der Waals surface area contributed by atoms with Crippen LogP contribution in [0.4, 0.5) is 0 Å². The van der Waals surface area contributed by atoms with Gasteiger partial charge < -0.3 is 14.4 Å². The highest BCUT2D eigenvalue weighted by Gasteiger charge is 2.26. The monoisotopic (exact) mass is 311 g/mol. The van der Waals surface area contributed by atoms with E-state index in [2.05, 4.69) is 9.47 Å². The zero-order valence-electron chi connectivity index (χ0n) is 12.0. The zero-order valence-corrected chi connectivity index (χ0v) is 12.8. The molecule has 114 valence electrons. The van der Waals surface area contributed by atoms with Crippen LogP contribution < -0.4 is 0 Å². The molecule has 1 amide bonds. The van der Waals surface area contributed by atoms with E-state index in [9.17, 15) is 14.4 Å². The lowest BCUT2D eigenvalue weighted by atomic mass is 10.2. The summed E-state index contributed by atoms with van der Waals surface area (Å²) < 4.78 is 9.12. The largest absolute Gasteiger partial charge is 0.468 e. The molecular formula is C14H17NO5S. The first-order chi connectivity index (χ1) is 10.0. The van der Waals surface area contributed by atoms with E-state index in [1.165, 1.54) is 36.0 Å². The number of hydrogen-bond acceptors (Lipinski definition) is 6. The molecule has 0 bridgehead atoms. The third kappa shape index (κ3) is 3.60. The lowest BCUT2D eigenvalue weighted by Gasteiger charge is -2.19. The van der Waals surface area contributed by atoms with Crippen molar-refractivity contribution in [3.8, 4) is 0 Å². The van der Waals surface area contributed by atoms with Crippen LogP contribution in [0, 0.1) is 0 Å². The van der Waals surface area contributed by atoms with Crippen LogP contribution in [0.1, 0.15) is 26.5 Å². The van der Waals surface area contributed by atoms with Crippen LogP contribution in [0.15, 0.2) is 6.07 Å². The lowest BCUT2D eigenvalue weighted by molar-refractivity contribution is -0.144. The van der Waals surface area contributed by atoms with Gasteiger partial charge in [0.1, 0.15) is 13.1 Å². The van der Waals surface area contributed by atoms with Crippen molar-refractivity contribution in [3.05, 3.63) is 21.4 Å². The first-order valence-electron chi connectivity index (χ1n) is 6.59. The second-order valence-corrected chi connectivity index (χ2v) is 5.86. The van der Waals surface area contributed by atoms with Crippen molar-refractivity contribution in [3.63, 3.8) is 0 Å². The number of thiophene rings is 1. The summed E-state index contributed by atoms with van der Waals surface area (Å²) in [7, 11) is 2.48. The minimum Gasteiger partial charge on any atom is -0.468 e. The van der Waals surface area contributed by atoms with Crippen LogP contribution in [0.5, 0.6) is 0 Å². The summed E-state index contributed by atoms with van der Waals surface area (Å²) >= 11 is 1.43. The summed E-state index contributed by atoms with van der Waals surface area (Å²) in [4.78, 5) is 38.2. The molecule has 1 aromatic rings. The normalized spacial score (nSPS) is 12.7. The fourth-order valence-electron chi connectivity index (χ4n) is 2.23.